The lowest BCUT2D eigenvalue weighted by molar-refractivity contribution is 0.482. The minimum absolute atomic E-state index is 0.108. The first-order chi connectivity index (χ1) is 11.5. The van der Waals surface area contributed by atoms with E-state index in [1.54, 1.807) is 31.4 Å². The molecular weight excluding hydrogens is 375 g/mol. The highest BCUT2D eigenvalue weighted by atomic mass is 79.9. The van der Waals surface area contributed by atoms with Crippen LogP contribution in [0.2, 0.25) is 0 Å². The summed E-state index contributed by atoms with van der Waals surface area (Å²) in [5.74, 6) is -0.393. The maximum Gasteiger partial charge on any atom is 0.250 e. The van der Waals surface area contributed by atoms with Crippen molar-refractivity contribution in [2.24, 2.45) is 12.2 Å². The fraction of sp³-hybridized carbons (Fsp3) is 0.389. The molecule has 128 valence electrons. The van der Waals surface area contributed by atoms with Crippen LogP contribution < -0.4 is 5.56 Å². The Hall–Kier alpha value is -1.82. The molecule has 0 fully saturated rings. The third-order valence-electron chi connectivity index (χ3n) is 4.17. The molecule has 0 amide bonds. The highest BCUT2D eigenvalue weighted by molar-refractivity contribution is 9.10. The van der Waals surface area contributed by atoms with E-state index in [9.17, 15) is 14.1 Å². The van der Waals surface area contributed by atoms with E-state index in [4.69, 9.17) is 0 Å². The molecule has 24 heavy (non-hydrogen) atoms. The molecule has 0 saturated heterocycles. The van der Waals surface area contributed by atoms with Crippen molar-refractivity contribution in [2.45, 2.75) is 38.1 Å². The minimum atomic E-state index is -0.614. The second-order valence-corrected chi connectivity index (χ2v) is 6.84. The van der Waals surface area contributed by atoms with Gasteiger partial charge in [0.1, 0.15) is 11.9 Å². The first kappa shape index (κ1) is 18.5. The minimum Gasteiger partial charge on any atom is -0.318 e. The lowest BCUT2D eigenvalue weighted by Gasteiger charge is -2.21. The molecule has 1 heterocycles. The number of rotatable bonds is 7. The summed E-state index contributed by atoms with van der Waals surface area (Å²) in [6.45, 7) is 2.03. The highest BCUT2D eigenvalue weighted by Gasteiger charge is 2.22. The summed E-state index contributed by atoms with van der Waals surface area (Å²) < 4.78 is 16.4. The lowest BCUT2D eigenvalue weighted by atomic mass is 9.86. The molecule has 2 rings (SSSR count). The van der Waals surface area contributed by atoms with Crippen LogP contribution in [0, 0.1) is 10.7 Å². The van der Waals surface area contributed by atoms with Crippen molar-refractivity contribution in [2.75, 3.05) is 0 Å². The van der Waals surface area contributed by atoms with Crippen LogP contribution in [-0.4, -0.2) is 4.57 Å². The Labute approximate surface area is 148 Å². The standard InChI is InChI=1S/C18H20BrFN2O2/c1-3-4-12(15-7-6-14(19)10-16(15)20)9-17(21-24)13-5-8-18(23)22(2)11-13/h5-8,10-12,17H,3-4,9H2,1-2H3. The van der Waals surface area contributed by atoms with Crippen LogP contribution in [0.3, 0.4) is 0 Å². The van der Waals surface area contributed by atoms with Gasteiger partial charge in [0.25, 0.3) is 0 Å². The van der Waals surface area contributed by atoms with Gasteiger partial charge in [-0.25, -0.2) is 4.39 Å². The van der Waals surface area contributed by atoms with Crippen LogP contribution >= 0.6 is 15.9 Å². The molecule has 2 aromatic rings. The Balaban J connectivity index is 2.31. The van der Waals surface area contributed by atoms with Crippen LogP contribution in [0.4, 0.5) is 4.39 Å². The average Bonchev–Trinajstić information content (AvgIpc) is 2.54. The lowest BCUT2D eigenvalue weighted by Crippen LogP contribution is -2.16. The molecule has 0 saturated carbocycles. The van der Waals surface area contributed by atoms with E-state index in [1.165, 1.54) is 16.7 Å². The Morgan fingerprint density at radius 2 is 2.04 bits per heavy atom. The van der Waals surface area contributed by atoms with E-state index >= 15 is 0 Å². The molecule has 6 heteroatoms. The number of aromatic nitrogens is 1. The highest BCUT2D eigenvalue weighted by Crippen LogP contribution is 2.35. The van der Waals surface area contributed by atoms with Crippen molar-refractivity contribution < 1.29 is 4.39 Å². The summed E-state index contributed by atoms with van der Waals surface area (Å²) >= 11 is 3.26. The van der Waals surface area contributed by atoms with E-state index in [-0.39, 0.29) is 17.3 Å². The summed E-state index contributed by atoms with van der Waals surface area (Å²) in [6, 6.07) is 7.42. The van der Waals surface area contributed by atoms with Crippen molar-refractivity contribution in [3.63, 3.8) is 0 Å². The number of benzene rings is 1. The smallest absolute Gasteiger partial charge is 0.250 e. The summed E-state index contributed by atoms with van der Waals surface area (Å²) in [6.07, 6.45) is 3.67. The van der Waals surface area contributed by atoms with Crippen LogP contribution in [-0.2, 0) is 7.05 Å². The molecule has 1 aromatic heterocycles. The molecule has 4 nitrogen and oxygen atoms in total. The fourth-order valence-electron chi connectivity index (χ4n) is 2.90. The molecule has 0 bridgehead atoms. The van der Waals surface area contributed by atoms with Gasteiger partial charge in [0, 0.05) is 23.8 Å². The number of pyridine rings is 1. The number of halogens is 2. The van der Waals surface area contributed by atoms with Gasteiger partial charge in [0.2, 0.25) is 5.56 Å². The summed E-state index contributed by atoms with van der Waals surface area (Å²) in [5, 5.41) is 3.23. The monoisotopic (exact) mass is 394 g/mol. The molecule has 2 unspecified atom stereocenters. The Bertz CT molecular complexity index is 776. The second-order valence-electron chi connectivity index (χ2n) is 5.92. The maximum absolute atomic E-state index is 14.3. The van der Waals surface area contributed by atoms with Crippen LogP contribution in [0.1, 0.15) is 49.3 Å². The second kappa shape index (κ2) is 8.33. The predicted octanol–water partition coefficient (Wildman–Crippen LogP) is 5.07. The van der Waals surface area contributed by atoms with Crippen molar-refractivity contribution >= 4 is 15.9 Å². The van der Waals surface area contributed by atoms with Gasteiger partial charge in [0.05, 0.1) is 0 Å². The Morgan fingerprint density at radius 3 is 2.62 bits per heavy atom. The van der Waals surface area contributed by atoms with Gasteiger partial charge in [-0.2, -0.15) is 4.91 Å². The SMILES string of the molecule is CCCC(CC(N=O)c1ccc(=O)n(C)c1)c1ccc(Br)cc1F. The van der Waals surface area contributed by atoms with Crippen LogP contribution in [0.25, 0.3) is 0 Å². The molecule has 0 aliphatic rings. The number of nitroso groups, excluding NO2 is 1. The molecule has 0 radical (unpaired) electrons. The van der Waals surface area contributed by atoms with E-state index in [2.05, 4.69) is 21.1 Å². The number of hydrogen-bond acceptors (Lipinski definition) is 3. The average molecular weight is 395 g/mol. The predicted molar refractivity (Wildman–Crippen MR) is 96.6 cm³/mol. The molecule has 0 aliphatic heterocycles. The van der Waals surface area contributed by atoms with Gasteiger partial charge in [-0.15, -0.1) is 0 Å². The van der Waals surface area contributed by atoms with Crippen molar-refractivity contribution in [3.8, 4) is 0 Å². The zero-order valence-electron chi connectivity index (χ0n) is 13.7. The van der Waals surface area contributed by atoms with Gasteiger partial charge in [0.15, 0.2) is 0 Å². The van der Waals surface area contributed by atoms with Crippen molar-refractivity contribution in [1.29, 1.82) is 0 Å². The Morgan fingerprint density at radius 1 is 1.29 bits per heavy atom. The molecular formula is C18H20BrFN2O2. The van der Waals surface area contributed by atoms with Crippen molar-refractivity contribution in [1.82, 2.24) is 4.57 Å². The third-order valence-corrected chi connectivity index (χ3v) is 4.66. The first-order valence-corrected chi connectivity index (χ1v) is 8.69. The van der Waals surface area contributed by atoms with Crippen molar-refractivity contribution in [3.05, 3.63) is 73.2 Å². The van der Waals surface area contributed by atoms with Crippen LogP contribution in [0.5, 0.6) is 0 Å². The number of nitrogens with zero attached hydrogens (tertiary/aromatic N) is 2. The third kappa shape index (κ3) is 4.38. The number of aryl methyl sites for hydroxylation is 1. The fourth-order valence-corrected chi connectivity index (χ4v) is 3.24. The zero-order chi connectivity index (χ0) is 17.7. The first-order valence-electron chi connectivity index (χ1n) is 7.90. The summed E-state index contributed by atoms with van der Waals surface area (Å²) in [4.78, 5) is 22.9. The zero-order valence-corrected chi connectivity index (χ0v) is 15.3. The largest absolute Gasteiger partial charge is 0.318 e. The molecule has 1 aromatic carbocycles. The maximum atomic E-state index is 14.3. The van der Waals surface area contributed by atoms with Crippen LogP contribution in [0.15, 0.2) is 51.0 Å². The van der Waals surface area contributed by atoms with Gasteiger partial charge < -0.3 is 4.57 Å². The van der Waals surface area contributed by atoms with Gasteiger partial charge >= 0.3 is 0 Å². The van der Waals surface area contributed by atoms with E-state index in [1.807, 2.05) is 6.92 Å². The summed E-state index contributed by atoms with van der Waals surface area (Å²) in [7, 11) is 1.63. The van der Waals surface area contributed by atoms with Gasteiger partial charge in [-0.1, -0.05) is 40.5 Å². The van der Waals surface area contributed by atoms with Gasteiger partial charge in [-0.05, 0) is 48.1 Å². The molecule has 0 N–H and O–H groups in total. The van der Waals surface area contributed by atoms with Gasteiger partial charge in [-0.3, -0.25) is 4.79 Å². The molecule has 0 aliphatic carbocycles. The molecule has 0 spiro atoms. The van der Waals surface area contributed by atoms with E-state index < -0.39 is 6.04 Å². The topological polar surface area (TPSA) is 51.4 Å². The Kier molecular flexibility index (Phi) is 6.43. The summed E-state index contributed by atoms with van der Waals surface area (Å²) in [5.41, 5.74) is 1.12. The normalized spacial score (nSPS) is 13.5. The number of hydrogen-bond donors (Lipinski definition) is 0. The molecule has 2 atom stereocenters. The van der Waals surface area contributed by atoms with E-state index in [0.29, 0.717) is 22.0 Å². The quantitative estimate of drug-likeness (QED) is 0.615. The van der Waals surface area contributed by atoms with E-state index in [0.717, 1.165) is 12.8 Å².